The van der Waals surface area contributed by atoms with Crippen molar-refractivity contribution in [3.63, 3.8) is 0 Å². The molecule has 0 radical (unpaired) electrons. The second-order valence-electron chi connectivity index (χ2n) is 5.21. The Labute approximate surface area is 118 Å². The van der Waals surface area contributed by atoms with Crippen molar-refractivity contribution in [1.29, 1.82) is 0 Å². The number of aromatic amines is 1. The lowest BCUT2D eigenvalue weighted by molar-refractivity contribution is -0.132. The molecule has 1 atom stereocenters. The molecule has 2 heterocycles. The number of hydrogen-bond acceptors (Lipinski definition) is 2. The number of nitrogens with one attached hydrogen (secondary N) is 1. The zero-order chi connectivity index (χ0) is 13.9. The molecule has 0 spiro atoms. The number of nitrogens with zero attached hydrogens (tertiary/aromatic N) is 1. The summed E-state index contributed by atoms with van der Waals surface area (Å²) >= 11 is 0. The Kier molecular flexibility index (Phi) is 3.56. The number of para-hydroxylation sites is 1. The van der Waals surface area contributed by atoms with E-state index < -0.39 is 6.04 Å². The quantitative estimate of drug-likeness (QED) is 0.835. The fourth-order valence-corrected chi connectivity index (χ4v) is 2.70. The molecular weight excluding hydrogens is 250 g/mol. The molecule has 1 aliphatic heterocycles. The van der Waals surface area contributed by atoms with Crippen LogP contribution in [0.4, 0.5) is 0 Å². The van der Waals surface area contributed by atoms with Crippen LogP contribution in [0.5, 0.6) is 0 Å². The maximum atomic E-state index is 12.3. The minimum absolute atomic E-state index is 0.0413. The Morgan fingerprint density at radius 2 is 2.20 bits per heavy atom. The van der Waals surface area contributed by atoms with Gasteiger partial charge >= 0.3 is 0 Å². The topological polar surface area (TPSA) is 62.1 Å². The van der Waals surface area contributed by atoms with Crippen LogP contribution in [-0.4, -0.2) is 34.9 Å². The van der Waals surface area contributed by atoms with Crippen LogP contribution in [-0.2, 0) is 11.2 Å². The van der Waals surface area contributed by atoms with E-state index in [-0.39, 0.29) is 5.91 Å². The van der Waals surface area contributed by atoms with Crippen LogP contribution < -0.4 is 5.73 Å². The van der Waals surface area contributed by atoms with E-state index >= 15 is 0 Å². The first-order valence-electron chi connectivity index (χ1n) is 7.00. The summed E-state index contributed by atoms with van der Waals surface area (Å²) in [7, 11) is 0. The van der Waals surface area contributed by atoms with Crippen LogP contribution in [0.1, 0.15) is 12.0 Å². The average Bonchev–Trinajstić information content (AvgIpc) is 2.91. The number of fused-ring (bicyclic) bond motifs is 1. The van der Waals surface area contributed by atoms with Crippen LogP contribution in [0.2, 0.25) is 0 Å². The number of rotatable bonds is 3. The molecule has 0 bridgehead atoms. The molecule has 4 nitrogen and oxygen atoms in total. The summed E-state index contributed by atoms with van der Waals surface area (Å²) in [5.74, 6) is 0.0413. The van der Waals surface area contributed by atoms with E-state index in [1.54, 1.807) is 0 Å². The molecule has 2 aromatic rings. The fraction of sp³-hybridized carbons (Fsp3) is 0.312. The fourth-order valence-electron chi connectivity index (χ4n) is 2.70. The van der Waals surface area contributed by atoms with Crippen molar-refractivity contribution in [1.82, 2.24) is 9.88 Å². The van der Waals surface area contributed by atoms with Crippen molar-refractivity contribution in [3.8, 4) is 0 Å². The van der Waals surface area contributed by atoms with Gasteiger partial charge in [-0.25, -0.2) is 0 Å². The zero-order valence-electron chi connectivity index (χ0n) is 11.4. The summed E-state index contributed by atoms with van der Waals surface area (Å²) in [6, 6.07) is 7.61. The number of H-pyrrole nitrogens is 1. The molecule has 0 fully saturated rings. The molecule has 3 N–H and O–H groups in total. The highest BCUT2D eigenvalue weighted by atomic mass is 16.2. The molecule has 0 saturated carbocycles. The van der Waals surface area contributed by atoms with E-state index in [1.165, 1.54) is 0 Å². The highest BCUT2D eigenvalue weighted by molar-refractivity contribution is 5.86. The molecule has 3 rings (SSSR count). The first-order chi connectivity index (χ1) is 9.75. The monoisotopic (exact) mass is 269 g/mol. The minimum atomic E-state index is -0.472. The van der Waals surface area contributed by atoms with Crippen LogP contribution in [0, 0.1) is 0 Å². The molecule has 1 amide bonds. The molecule has 0 unspecified atom stereocenters. The Bertz CT molecular complexity index is 644. The molecule has 4 heteroatoms. The first-order valence-corrected chi connectivity index (χ1v) is 7.00. The summed E-state index contributed by atoms with van der Waals surface area (Å²) in [4.78, 5) is 17.4. The molecule has 0 aliphatic carbocycles. The normalized spacial score (nSPS) is 16.6. The van der Waals surface area contributed by atoms with Crippen molar-refractivity contribution in [2.45, 2.75) is 18.9 Å². The third-order valence-electron chi connectivity index (χ3n) is 3.80. The van der Waals surface area contributed by atoms with Gasteiger partial charge in [0, 0.05) is 30.2 Å². The summed E-state index contributed by atoms with van der Waals surface area (Å²) in [5, 5.41) is 1.15. The molecular formula is C16H19N3O. The van der Waals surface area contributed by atoms with Crippen molar-refractivity contribution >= 4 is 16.8 Å². The molecule has 20 heavy (non-hydrogen) atoms. The maximum Gasteiger partial charge on any atom is 0.240 e. The van der Waals surface area contributed by atoms with E-state index in [0.717, 1.165) is 29.4 Å². The summed E-state index contributed by atoms with van der Waals surface area (Å²) in [6.07, 6.45) is 7.58. The number of hydrogen-bond donors (Lipinski definition) is 2. The molecule has 104 valence electrons. The largest absolute Gasteiger partial charge is 0.361 e. The number of nitrogens with two attached hydrogens (primary N) is 1. The first kappa shape index (κ1) is 12.9. The van der Waals surface area contributed by atoms with E-state index in [9.17, 15) is 4.79 Å². The maximum absolute atomic E-state index is 12.3. The van der Waals surface area contributed by atoms with Crippen LogP contribution in [0.15, 0.2) is 42.6 Å². The van der Waals surface area contributed by atoms with Crippen molar-refractivity contribution in [3.05, 3.63) is 48.2 Å². The lowest BCUT2D eigenvalue weighted by Crippen LogP contribution is -2.46. The number of benzene rings is 1. The number of aromatic nitrogens is 1. The van der Waals surface area contributed by atoms with Gasteiger partial charge < -0.3 is 15.6 Å². The highest BCUT2D eigenvalue weighted by Gasteiger charge is 2.22. The second kappa shape index (κ2) is 5.51. The third kappa shape index (κ3) is 2.47. The Morgan fingerprint density at radius 3 is 3.00 bits per heavy atom. The van der Waals surface area contributed by atoms with E-state index in [4.69, 9.17) is 5.73 Å². The van der Waals surface area contributed by atoms with Gasteiger partial charge in [0.05, 0.1) is 6.04 Å². The van der Waals surface area contributed by atoms with E-state index in [1.807, 2.05) is 35.4 Å². The predicted molar refractivity (Wildman–Crippen MR) is 80.3 cm³/mol. The summed E-state index contributed by atoms with van der Waals surface area (Å²) in [5.41, 5.74) is 8.29. The van der Waals surface area contributed by atoms with Gasteiger partial charge in [-0.3, -0.25) is 4.79 Å². The number of carbonyl (C=O) groups excluding carboxylic acids is 1. The smallest absolute Gasteiger partial charge is 0.240 e. The SMILES string of the molecule is N[C@H](Cc1c[nH]c2ccccc12)C(=O)N1CC=CCC1. The van der Waals surface area contributed by atoms with Gasteiger partial charge in [-0.15, -0.1) is 0 Å². The number of amides is 1. The van der Waals surface area contributed by atoms with Gasteiger partial charge in [0.25, 0.3) is 0 Å². The van der Waals surface area contributed by atoms with E-state index in [0.29, 0.717) is 13.0 Å². The number of carbonyl (C=O) groups is 1. The van der Waals surface area contributed by atoms with Gasteiger partial charge in [0.1, 0.15) is 0 Å². The molecule has 1 aromatic heterocycles. The Balaban J connectivity index is 1.73. The highest BCUT2D eigenvalue weighted by Crippen LogP contribution is 2.19. The average molecular weight is 269 g/mol. The zero-order valence-corrected chi connectivity index (χ0v) is 11.4. The van der Waals surface area contributed by atoms with Crippen LogP contribution in [0.3, 0.4) is 0 Å². The standard InChI is InChI=1S/C16H19N3O/c17-14(16(20)19-8-4-1-5-9-19)10-12-11-18-15-7-3-2-6-13(12)15/h1-4,6-7,11,14,18H,5,8-10,17H2/t14-/m1/s1. The Morgan fingerprint density at radius 1 is 1.35 bits per heavy atom. The van der Waals surface area contributed by atoms with Gasteiger partial charge in [0.2, 0.25) is 5.91 Å². The summed E-state index contributed by atoms with van der Waals surface area (Å²) in [6.45, 7) is 1.46. The van der Waals surface area contributed by atoms with Crippen molar-refractivity contribution < 1.29 is 4.79 Å². The van der Waals surface area contributed by atoms with Gasteiger partial charge in [0.15, 0.2) is 0 Å². The van der Waals surface area contributed by atoms with E-state index in [2.05, 4.69) is 17.1 Å². The van der Waals surface area contributed by atoms with Crippen LogP contribution in [0.25, 0.3) is 10.9 Å². The lowest BCUT2D eigenvalue weighted by atomic mass is 10.0. The predicted octanol–water partition coefficient (Wildman–Crippen LogP) is 1.83. The van der Waals surface area contributed by atoms with Gasteiger partial charge in [-0.2, -0.15) is 0 Å². The van der Waals surface area contributed by atoms with Crippen molar-refractivity contribution in [2.24, 2.45) is 5.73 Å². The molecule has 1 aliphatic rings. The second-order valence-corrected chi connectivity index (χ2v) is 5.21. The lowest BCUT2D eigenvalue weighted by Gasteiger charge is -2.26. The van der Waals surface area contributed by atoms with Gasteiger partial charge in [-0.1, -0.05) is 30.4 Å². The molecule has 1 aromatic carbocycles. The van der Waals surface area contributed by atoms with Crippen molar-refractivity contribution in [2.75, 3.05) is 13.1 Å². The molecule has 0 saturated heterocycles. The van der Waals surface area contributed by atoms with Gasteiger partial charge in [-0.05, 0) is 24.5 Å². The Hall–Kier alpha value is -2.07. The minimum Gasteiger partial charge on any atom is -0.361 e. The summed E-state index contributed by atoms with van der Waals surface area (Å²) < 4.78 is 0. The third-order valence-corrected chi connectivity index (χ3v) is 3.80. The van der Waals surface area contributed by atoms with Crippen LogP contribution >= 0.6 is 0 Å².